The summed E-state index contributed by atoms with van der Waals surface area (Å²) in [6.45, 7) is 8.90. The van der Waals surface area contributed by atoms with Crippen molar-refractivity contribution in [3.05, 3.63) is 29.3 Å². The maximum absolute atomic E-state index is 11.9. The van der Waals surface area contributed by atoms with Gasteiger partial charge in [0.1, 0.15) is 11.5 Å². The second kappa shape index (κ2) is 8.18. The first kappa shape index (κ1) is 19.0. The van der Waals surface area contributed by atoms with Gasteiger partial charge in [-0.05, 0) is 47.3 Å². The van der Waals surface area contributed by atoms with E-state index in [-0.39, 0.29) is 11.3 Å². The fourth-order valence-corrected chi connectivity index (χ4v) is 4.08. The van der Waals surface area contributed by atoms with Gasteiger partial charge >= 0.3 is 0 Å². The molecule has 0 spiro atoms. The van der Waals surface area contributed by atoms with Gasteiger partial charge in [-0.1, -0.05) is 65.5 Å². The number of benzene rings is 1. The molecule has 1 N–H and O–H groups in total. The summed E-state index contributed by atoms with van der Waals surface area (Å²) in [7, 11) is 0. The highest BCUT2D eigenvalue weighted by atomic mass is 16.3. The van der Waals surface area contributed by atoms with E-state index >= 15 is 0 Å². The summed E-state index contributed by atoms with van der Waals surface area (Å²) in [6.07, 6.45) is 8.49. The van der Waals surface area contributed by atoms with Crippen LogP contribution in [0.5, 0.6) is 5.75 Å². The summed E-state index contributed by atoms with van der Waals surface area (Å²) in [5.41, 5.74) is 2.25. The van der Waals surface area contributed by atoms with Gasteiger partial charge in [-0.15, -0.1) is 0 Å². The van der Waals surface area contributed by atoms with Gasteiger partial charge in [0.05, 0.1) is 0 Å². The monoisotopic (exact) mass is 330 g/mol. The van der Waals surface area contributed by atoms with E-state index in [9.17, 15) is 9.90 Å². The SMILES string of the molecule is CCCCCCC(C)(C)c1ccc([C@@H]2CC(=O)C[C@H](C)C2)c(O)c1. The first-order valence-electron chi connectivity index (χ1n) is 9.68. The molecule has 2 heteroatoms. The Kier molecular flexibility index (Phi) is 6.48. The predicted octanol–water partition coefficient (Wildman–Crippen LogP) is 6.11. The molecule has 1 aliphatic carbocycles. The first-order valence-corrected chi connectivity index (χ1v) is 9.68. The number of unbranched alkanes of at least 4 members (excludes halogenated alkanes) is 3. The van der Waals surface area contributed by atoms with Crippen molar-refractivity contribution >= 4 is 5.78 Å². The predicted molar refractivity (Wildman–Crippen MR) is 101 cm³/mol. The third kappa shape index (κ3) is 4.84. The van der Waals surface area contributed by atoms with Crippen molar-refractivity contribution in [3.63, 3.8) is 0 Å². The summed E-state index contributed by atoms with van der Waals surface area (Å²) >= 11 is 0. The summed E-state index contributed by atoms with van der Waals surface area (Å²) in [5, 5.41) is 10.6. The Labute approximate surface area is 147 Å². The average Bonchev–Trinajstić information content (AvgIpc) is 2.50. The number of phenolic OH excluding ortho intramolecular Hbond substituents is 1. The minimum Gasteiger partial charge on any atom is -0.508 e. The Balaban J connectivity index is 2.09. The first-order chi connectivity index (χ1) is 11.3. The van der Waals surface area contributed by atoms with Gasteiger partial charge < -0.3 is 5.11 Å². The van der Waals surface area contributed by atoms with Crippen LogP contribution in [0.25, 0.3) is 0 Å². The van der Waals surface area contributed by atoms with Crippen LogP contribution in [0.15, 0.2) is 18.2 Å². The molecule has 0 heterocycles. The van der Waals surface area contributed by atoms with Crippen LogP contribution in [-0.2, 0) is 10.2 Å². The quantitative estimate of drug-likeness (QED) is 0.612. The van der Waals surface area contributed by atoms with Gasteiger partial charge in [0.15, 0.2) is 0 Å². The van der Waals surface area contributed by atoms with Gasteiger partial charge in [0.25, 0.3) is 0 Å². The maximum atomic E-state index is 11.9. The number of ketones is 1. The van der Waals surface area contributed by atoms with E-state index in [1.54, 1.807) is 0 Å². The zero-order chi connectivity index (χ0) is 17.7. The molecule has 0 bridgehead atoms. The molecule has 2 rings (SSSR count). The van der Waals surface area contributed by atoms with Gasteiger partial charge in [0, 0.05) is 12.8 Å². The largest absolute Gasteiger partial charge is 0.508 e. The van der Waals surface area contributed by atoms with Gasteiger partial charge in [-0.25, -0.2) is 0 Å². The molecule has 2 atom stereocenters. The normalized spacial score (nSPS) is 21.9. The second-order valence-corrected chi connectivity index (χ2v) is 8.45. The number of phenols is 1. The van der Waals surface area contributed by atoms with Gasteiger partial charge in [-0.3, -0.25) is 4.79 Å². The summed E-state index contributed by atoms with van der Waals surface area (Å²) in [5.74, 6) is 1.31. The van der Waals surface area contributed by atoms with Crippen LogP contribution in [0.3, 0.4) is 0 Å². The molecule has 1 aromatic rings. The van der Waals surface area contributed by atoms with Crippen LogP contribution < -0.4 is 0 Å². The Morgan fingerprint density at radius 3 is 2.54 bits per heavy atom. The minimum absolute atomic E-state index is 0.0828. The third-order valence-electron chi connectivity index (χ3n) is 5.64. The van der Waals surface area contributed by atoms with Crippen LogP contribution in [0.2, 0.25) is 0 Å². The number of carbonyl (C=O) groups is 1. The van der Waals surface area contributed by atoms with Crippen LogP contribution in [-0.4, -0.2) is 10.9 Å². The van der Waals surface area contributed by atoms with E-state index < -0.39 is 0 Å². The molecular formula is C22H34O2. The topological polar surface area (TPSA) is 37.3 Å². The lowest BCUT2D eigenvalue weighted by atomic mass is 9.75. The zero-order valence-corrected chi connectivity index (χ0v) is 15.9. The van der Waals surface area contributed by atoms with Crippen molar-refractivity contribution in [1.29, 1.82) is 0 Å². The number of rotatable bonds is 7. The number of hydrogen-bond donors (Lipinski definition) is 1. The molecule has 1 fully saturated rings. The molecule has 0 aliphatic heterocycles. The zero-order valence-electron chi connectivity index (χ0n) is 15.9. The fraction of sp³-hybridized carbons (Fsp3) is 0.682. The van der Waals surface area contributed by atoms with E-state index in [2.05, 4.69) is 39.8 Å². The molecule has 0 aromatic heterocycles. The van der Waals surface area contributed by atoms with Crippen LogP contribution in [0.4, 0.5) is 0 Å². The Morgan fingerprint density at radius 1 is 1.17 bits per heavy atom. The molecule has 1 aromatic carbocycles. The molecule has 0 radical (unpaired) electrons. The van der Waals surface area contributed by atoms with Crippen molar-refractivity contribution in [1.82, 2.24) is 0 Å². The molecule has 0 saturated heterocycles. The summed E-state index contributed by atoms with van der Waals surface area (Å²) in [6, 6.07) is 6.17. The van der Waals surface area contributed by atoms with E-state index in [0.29, 0.717) is 30.3 Å². The second-order valence-electron chi connectivity index (χ2n) is 8.45. The van der Waals surface area contributed by atoms with E-state index in [1.807, 2.05) is 6.07 Å². The third-order valence-corrected chi connectivity index (χ3v) is 5.64. The Hall–Kier alpha value is -1.31. The Morgan fingerprint density at radius 2 is 1.92 bits per heavy atom. The lowest BCUT2D eigenvalue weighted by Gasteiger charge is -2.29. The number of aromatic hydroxyl groups is 1. The molecule has 1 aliphatic rings. The smallest absolute Gasteiger partial charge is 0.133 e. The highest BCUT2D eigenvalue weighted by Crippen LogP contribution is 2.40. The molecule has 24 heavy (non-hydrogen) atoms. The van der Waals surface area contributed by atoms with Crippen molar-refractivity contribution < 1.29 is 9.90 Å². The average molecular weight is 331 g/mol. The molecule has 1 saturated carbocycles. The van der Waals surface area contributed by atoms with Crippen molar-refractivity contribution in [2.75, 3.05) is 0 Å². The summed E-state index contributed by atoms with van der Waals surface area (Å²) in [4.78, 5) is 11.9. The fourth-order valence-electron chi connectivity index (χ4n) is 4.08. The van der Waals surface area contributed by atoms with Gasteiger partial charge in [0.2, 0.25) is 0 Å². The van der Waals surface area contributed by atoms with Crippen LogP contribution in [0.1, 0.15) is 96.1 Å². The Bertz CT molecular complexity index is 559. The molecular weight excluding hydrogens is 296 g/mol. The molecule has 0 amide bonds. The highest BCUT2D eigenvalue weighted by molar-refractivity contribution is 5.80. The van der Waals surface area contributed by atoms with E-state index in [4.69, 9.17) is 0 Å². The molecule has 2 nitrogen and oxygen atoms in total. The number of Topliss-reactive ketones (excluding diaryl/α,β-unsaturated/α-hetero) is 1. The highest BCUT2D eigenvalue weighted by Gasteiger charge is 2.28. The standard InChI is InChI=1S/C22H34O2/c1-5-6-7-8-11-22(3,4)18-9-10-20(21(24)15-18)17-12-16(2)13-19(23)14-17/h9-10,15-17,24H,5-8,11-14H2,1-4H3/t16-,17+/m1/s1. The van der Waals surface area contributed by atoms with Crippen molar-refractivity contribution in [2.24, 2.45) is 5.92 Å². The lowest BCUT2D eigenvalue weighted by molar-refractivity contribution is -0.121. The summed E-state index contributed by atoms with van der Waals surface area (Å²) < 4.78 is 0. The maximum Gasteiger partial charge on any atom is 0.133 e. The minimum atomic E-state index is 0.0828. The van der Waals surface area contributed by atoms with Crippen molar-refractivity contribution in [3.8, 4) is 5.75 Å². The molecule has 134 valence electrons. The van der Waals surface area contributed by atoms with E-state index in [0.717, 1.165) is 18.4 Å². The lowest BCUT2D eigenvalue weighted by Crippen LogP contribution is -2.20. The number of carbonyl (C=O) groups excluding carboxylic acids is 1. The van der Waals surface area contributed by atoms with Crippen LogP contribution >= 0.6 is 0 Å². The van der Waals surface area contributed by atoms with E-state index in [1.165, 1.54) is 31.2 Å². The number of hydrogen-bond acceptors (Lipinski definition) is 2. The molecule has 0 unspecified atom stereocenters. The van der Waals surface area contributed by atoms with Crippen molar-refractivity contribution in [2.45, 2.75) is 90.4 Å². The van der Waals surface area contributed by atoms with Crippen LogP contribution in [0, 0.1) is 5.92 Å². The van der Waals surface area contributed by atoms with Gasteiger partial charge in [-0.2, -0.15) is 0 Å².